The molecule has 0 spiro atoms. The molecule has 0 heterocycles. The van der Waals surface area contributed by atoms with E-state index in [0.717, 1.165) is 11.1 Å². The largest absolute Gasteiger partial charge is 0.467 e. The van der Waals surface area contributed by atoms with E-state index in [1.54, 1.807) is 48.5 Å². The minimum atomic E-state index is -0.901. The second-order valence-corrected chi connectivity index (χ2v) is 7.48. The smallest absolute Gasteiger partial charge is 0.343 e. The fourth-order valence-electron chi connectivity index (χ4n) is 3.24. The topological polar surface area (TPSA) is 108 Å². The number of esters is 2. The molecule has 7 heteroatoms. The second-order valence-electron chi connectivity index (χ2n) is 7.48. The van der Waals surface area contributed by atoms with E-state index >= 15 is 0 Å². The van der Waals surface area contributed by atoms with Crippen LogP contribution in [0.25, 0.3) is 0 Å². The lowest BCUT2D eigenvalue weighted by Crippen LogP contribution is -2.50. The van der Waals surface area contributed by atoms with Gasteiger partial charge in [-0.05, 0) is 41.8 Å². The zero-order valence-electron chi connectivity index (χ0n) is 18.3. The van der Waals surface area contributed by atoms with Gasteiger partial charge in [0.05, 0.1) is 18.7 Å². The number of nitrogens with one attached hydrogen (secondary N) is 1. The normalized spacial score (nSPS) is 12.3. The summed E-state index contributed by atoms with van der Waals surface area (Å²) in [7, 11) is 1.26. The molecule has 0 aliphatic rings. The van der Waals surface area contributed by atoms with E-state index in [2.05, 4.69) is 5.32 Å². The van der Waals surface area contributed by atoms with Gasteiger partial charge in [0, 0.05) is 6.42 Å². The number of amides is 1. The summed E-state index contributed by atoms with van der Waals surface area (Å²) in [4.78, 5) is 37.0. The average Bonchev–Trinajstić information content (AvgIpc) is 2.85. The molecule has 3 rings (SSSR count). The molecule has 33 heavy (non-hydrogen) atoms. The summed E-state index contributed by atoms with van der Waals surface area (Å²) in [6.45, 7) is 0. The van der Waals surface area contributed by atoms with E-state index in [9.17, 15) is 14.4 Å². The molecule has 0 aliphatic carbocycles. The van der Waals surface area contributed by atoms with Crippen molar-refractivity contribution in [3.05, 3.63) is 102 Å². The molecule has 1 amide bonds. The Balaban J connectivity index is 1.61. The summed E-state index contributed by atoms with van der Waals surface area (Å²) in [6.07, 6.45) is 0.547. The minimum absolute atomic E-state index is 0.198. The van der Waals surface area contributed by atoms with Crippen LogP contribution in [-0.4, -0.2) is 37.0 Å². The molecule has 0 radical (unpaired) electrons. The Morgan fingerprint density at radius 1 is 0.818 bits per heavy atom. The number of carbonyl (C=O) groups excluding carboxylic acids is 3. The van der Waals surface area contributed by atoms with Gasteiger partial charge < -0.3 is 20.5 Å². The molecule has 0 bridgehead atoms. The predicted octanol–water partition coefficient (Wildman–Crippen LogP) is 2.68. The Kier molecular flexibility index (Phi) is 8.32. The highest BCUT2D eigenvalue weighted by atomic mass is 16.5. The summed E-state index contributed by atoms with van der Waals surface area (Å²) in [5, 5.41) is 2.68. The third-order valence-electron chi connectivity index (χ3n) is 5.02. The Hall–Kier alpha value is -3.97. The van der Waals surface area contributed by atoms with Crippen LogP contribution in [0.4, 0.5) is 0 Å². The summed E-state index contributed by atoms with van der Waals surface area (Å²) in [6, 6.07) is 23.1. The van der Waals surface area contributed by atoms with E-state index in [4.69, 9.17) is 15.2 Å². The minimum Gasteiger partial charge on any atom is -0.467 e. The van der Waals surface area contributed by atoms with Crippen LogP contribution in [0.5, 0.6) is 5.75 Å². The number of nitrogens with two attached hydrogens (primary N) is 1. The first-order valence-corrected chi connectivity index (χ1v) is 10.5. The van der Waals surface area contributed by atoms with Crippen molar-refractivity contribution in [1.29, 1.82) is 0 Å². The van der Waals surface area contributed by atoms with E-state index in [1.807, 2.05) is 36.4 Å². The van der Waals surface area contributed by atoms with Crippen LogP contribution in [0.15, 0.2) is 84.9 Å². The van der Waals surface area contributed by atoms with Gasteiger partial charge in [-0.2, -0.15) is 0 Å². The van der Waals surface area contributed by atoms with Crippen molar-refractivity contribution in [3.63, 3.8) is 0 Å². The zero-order valence-corrected chi connectivity index (χ0v) is 18.3. The molecular formula is C26H26N2O5. The fraction of sp³-hybridized carbons (Fsp3) is 0.192. The molecule has 2 atom stereocenters. The first-order valence-electron chi connectivity index (χ1n) is 10.5. The first-order chi connectivity index (χ1) is 16.0. The van der Waals surface area contributed by atoms with E-state index < -0.39 is 29.9 Å². The van der Waals surface area contributed by atoms with E-state index in [0.29, 0.717) is 17.7 Å². The van der Waals surface area contributed by atoms with Gasteiger partial charge in [0.2, 0.25) is 5.91 Å². The molecule has 170 valence electrons. The molecule has 0 aliphatic heterocycles. The third kappa shape index (κ3) is 7.02. The standard InChI is InChI=1S/C26H26N2O5/c1-32-26(31)23(28-24(29)22(27)16-18-8-4-2-5-9-18)17-19-12-14-21(15-13-19)33-25(30)20-10-6-3-7-11-20/h2-15,22-23H,16-17,27H2,1H3,(H,28,29)/t22-,23-/m0/s1. The van der Waals surface area contributed by atoms with E-state index in [1.165, 1.54) is 7.11 Å². The molecule has 3 N–H and O–H groups in total. The molecule has 0 unspecified atom stereocenters. The number of rotatable bonds is 9. The number of benzene rings is 3. The van der Waals surface area contributed by atoms with Crippen molar-refractivity contribution in [1.82, 2.24) is 5.32 Å². The lowest BCUT2D eigenvalue weighted by molar-refractivity contribution is -0.145. The summed E-state index contributed by atoms with van der Waals surface area (Å²) in [5.41, 5.74) is 8.16. The Morgan fingerprint density at radius 2 is 1.39 bits per heavy atom. The number of carbonyl (C=O) groups is 3. The number of hydrogen-bond donors (Lipinski definition) is 2. The van der Waals surface area contributed by atoms with Crippen molar-refractivity contribution < 1.29 is 23.9 Å². The Labute approximate surface area is 192 Å². The van der Waals surface area contributed by atoms with E-state index in [-0.39, 0.29) is 6.42 Å². The highest BCUT2D eigenvalue weighted by Gasteiger charge is 2.25. The van der Waals surface area contributed by atoms with Gasteiger partial charge >= 0.3 is 11.9 Å². The van der Waals surface area contributed by atoms with Gasteiger partial charge in [0.1, 0.15) is 11.8 Å². The molecule has 0 aromatic heterocycles. The maximum atomic E-state index is 12.6. The molecular weight excluding hydrogens is 420 g/mol. The van der Waals surface area contributed by atoms with Gasteiger partial charge in [-0.1, -0.05) is 60.7 Å². The molecule has 3 aromatic rings. The summed E-state index contributed by atoms with van der Waals surface area (Å²) < 4.78 is 10.2. The van der Waals surface area contributed by atoms with Crippen LogP contribution in [-0.2, 0) is 27.2 Å². The van der Waals surface area contributed by atoms with Crippen LogP contribution in [0.3, 0.4) is 0 Å². The highest BCUT2D eigenvalue weighted by Crippen LogP contribution is 2.16. The maximum absolute atomic E-state index is 12.6. The van der Waals surface area contributed by atoms with Crippen molar-refractivity contribution >= 4 is 17.8 Å². The van der Waals surface area contributed by atoms with Crippen molar-refractivity contribution in [3.8, 4) is 5.75 Å². The van der Waals surface area contributed by atoms with Crippen LogP contribution in [0, 0.1) is 0 Å². The summed E-state index contributed by atoms with van der Waals surface area (Å²) in [5.74, 6) is -1.11. The number of methoxy groups -OCH3 is 1. The van der Waals surface area contributed by atoms with Crippen molar-refractivity contribution in [2.45, 2.75) is 24.9 Å². The molecule has 0 saturated carbocycles. The highest BCUT2D eigenvalue weighted by molar-refractivity contribution is 5.91. The SMILES string of the molecule is COC(=O)[C@H](Cc1ccc(OC(=O)c2ccccc2)cc1)NC(=O)[C@@H](N)Cc1ccccc1. The third-order valence-corrected chi connectivity index (χ3v) is 5.02. The van der Waals surface area contributed by atoms with Gasteiger partial charge in [0.25, 0.3) is 0 Å². The predicted molar refractivity (Wildman–Crippen MR) is 124 cm³/mol. The average molecular weight is 447 g/mol. The Morgan fingerprint density at radius 3 is 2.00 bits per heavy atom. The molecule has 0 fully saturated rings. The monoisotopic (exact) mass is 446 g/mol. The fourth-order valence-corrected chi connectivity index (χ4v) is 3.24. The molecule has 3 aromatic carbocycles. The van der Waals surface area contributed by atoms with Gasteiger partial charge in [-0.3, -0.25) is 4.79 Å². The van der Waals surface area contributed by atoms with Crippen molar-refractivity contribution in [2.24, 2.45) is 5.73 Å². The lowest BCUT2D eigenvalue weighted by Gasteiger charge is -2.19. The van der Waals surface area contributed by atoms with Gasteiger partial charge in [-0.15, -0.1) is 0 Å². The van der Waals surface area contributed by atoms with Crippen LogP contribution >= 0.6 is 0 Å². The Bertz CT molecular complexity index is 1070. The molecule has 0 saturated heterocycles. The summed E-state index contributed by atoms with van der Waals surface area (Å²) >= 11 is 0. The van der Waals surface area contributed by atoms with Crippen LogP contribution < -0.4 is 15.8 Å². The number of ether oxygens (including phenoxy) is 2. The van der Waals surface area contributed by atoms with Gasteiger partial charge in [-0.25, -0.2) is 9.59 Å². The van der Waals surface area contributed by atoms with Crippen molar-refractivity contribution in [2.75, 3.05) is 7.11 Å². The molecule has 7 nitrogen and oxygen atoms in total. The zero-order chi connectivity index (χ0) is 23.6. The maximum Gasteiger partial charge on any atom is 0.343 e. The number of hydrogen-bond acceptors (Lipinski definition) is 6. The van der Waals surface area contributed by atoms with Gasteiger partial charge in [0.15, 0.2) is 0 Å². The lowest BCUT2D eigenvalue weighted by atomic mass is 10.0. The van der Waals surface area contributed by atoms with Crippen LogP contribution in [0.2, 0.25) is 0 Å². The second kappa shape index (κ2) is 11.6. The quantitative estimate of drug-likeness (QED) is 0.387. The first kappa shape index (κ1) is 23.7. The van der Waals surface area contributed by atoms with Crippen LogP contribution in [0.1, 0.15) is 21.5 Å².